The third-order valence-electron chi connectivity index (χ3n) is 3.52. The average Bonchev–Trinajstić information content (AvgIpc) is 2.66. The lowest BCUT2D eigenvalue weighted by Crippen LogP contribution is -2.29. The summed E-state index contributed by atoms with van der Waals surface area (Å²) in [6, 6.07) is 12.3. The van der Waals surface area contributed by atoms with E-state index >= 15 is 0 Å². The summed E-state index contributed by atoms with van der Waals surface area (Å²) >= 11 is 0. The van der Waals surface area contributed by atoms with Gasteiger partial charge in [0.15, 0.2) is 5.78 Å². The number of benzene rings is 2. The predicted octanol–water partition coefficient (Wildman–Crippen LogP) is 4.11. The number of amides is 1. The Bertz CT molecular complexity index is 845. The molecule has 2 aromatic rings. The second-order valence-corrected chi connectivity index (χ2v) is 5.64. The first-order valence-corrected chi connectivity index (χ1v) is 8.22. The summed E-state index contributed by atoms with van der Waals surface area (Å²) in [7, 11) is 1.57. The first-order valence-electron chi connectivity index (χ1n) is 8.22. The van der Waals surface area contributed by atoms with Crippen LogP contribution < -0.4 is 10.1 Å². The molecule has 0 aliphatic carbocycles. The number of hydrogen-bond donors (Lipinski definition) is 1. The van der Waals surface area contributed by atoms with E-state index in [2.05, 4.69) is 0 Å². The van der Waals surface area contributed by atoms with Crippen LogP contribution in [0.2, 0.25) is 0 Å². The molecule has 0 bridgehead atoms. The van der Waals surface area contributed by atoms with Crippen molar-refractivity contribution in [3.63, 3.8) is 0 Å². The van der Waals surface area contributed by atoms with Crippen LogP contribution in [0.25, 0.3) is 6.08 Å². The molecule has 0 aliphatic heterocycles. The topological polar surface area (TPSA) is 64.6 Å². The number of rotatable bonds is 8. The molecule has 0 atom stereocenters. The average molecular weight is 393 g/mol. The van der Waals surface area contributed by atoms with E-state index in [0.29, 0.717) is 30.1 Å². The fourth-order valence-corrected chi connectivity index (χ4v) is 2.15. The van der Waals surface area contributed by atoms with Gasteiger partial charge in [0.05, 0.1) is 6.61 Å². The summed E-state index contributed by atoms with van der Waals surface area (Å²) in [4.78, 5) is 23.2. The maximum Gasteiger partial charge on any atom is 0.471 e. The Hall–Kier alpha value is -3.13. The number of anilines is 1. The minimum Gasteiger partial charge on any atom is -0.491 e. The Labute approximate surface area is 159 Å². The first kappa shape index (κ1) is 21.2. The Kier molecular flexibility index (Phi) is 7.34. The molecule has 1 amide bonds. The Morgan fingerprint density at radius 3 is 2.43 bits per heavy atom. The molecule has 0 fully saturated rings. The van der Waals surface area contributed by atoms with E-state index in [0.717, 1.165) is 0 Å². The molecule has 5 nitrogen and oxygen atoms in total. The molecular weight excluding hydrogens is 375 g/mol. The molecule has 0 heterocycles. The fraction of sp³-hybridized carbons (Fsp3) is 0.200. The van der Waals surface area contributed by atoms with Crippen LogP contribution in [-0.4, -0.2) is 38.2 Å². The largest absolute Gasteiger partial charge is 0.491 e. The summed E-state index contributed by atoms with van der Waals surface area (Å²) in [5.41, 5.74) is 0.874. The monoisotopic (exact) mass is 393 g/mol. The summed E-state index contributed by atoms with van der Waals surface area (Å²) in [5, 5.41) is 1.76. The normalized spacial score (nSPS) is 11.4. The van der Waals surface area contributed by atoms with Gasteiger partial charge >= 0.3 is 12.1 Å². The van der Waals surface area contributed by atoms with Crippen molar-refractivity contribution in [1.29, 1.82) is 0 Å². The molecular formula is C20H18F3NO4. The molecule has 0 unspecified atom stereocenters. The van der Waals surface area contributed by atoms with Crippen LogP contribution in [0.4, 0.5) is 18.9 Å². The minimum absolute atomic E-state index is 0.0190. The number of nitrogens with one attached hydrogen (secondary N) is 1. The van der Waals surface area contributed by atoms with Crippen molar-refractivity contribution in [2.24, 2.45) is 0 Å². The molecule has 0 aromatic heterocycles. The zero-order valence-corrected chi connectivity index (χ0v) is 15.0. The van der Waals surface area contributed by atoms with Gasteiger partial charge in [-0.3, -0.25) is 9.59 Å². The van der Waals surface area contributed by atoms with Gasteiger partial charge in [-0.15, -0.1) is 0 Å². The van der Waals surface area contributed by atoms with Crippen LogP contribution in [0.3, 0.4) is 0 Å². The summed E-state index contributed by atoms with van der Waals surface area (Å²) in [5.74, 6) is -1.74. The first-order chi connectivity index (χ1) is 13.3. The van der Waals surface area contributed by atoms with Crippen molar-refractivity contribution in [3.05, 3.63) is 65.7 Å². The number of carbonyl (C=O) groups is 2. The van der Waals surface area contributed by atoms with Crippen molar-refractivity contribution in [3.8, 4) is 5.75 Å². The third kappa shape index (κ3) is 6.55. The molecule has 148 valence electrons. The number of carbonyl (C=O) groups excluding carboxylic acids is 2. The lowest BCUT2D eigenvalue weighted by atomic mass is 10.1. The van der Waals surface area contributed by atoms with Gasteiger partial charge in [0.1, 0.15) is 12.4 Å². The highest BCUT2D eigenvalue weighted by molar-refractivity contribution is 6.07. The van der Waals surface area contributed by atoms with Crippen molar-refractivity contribution in [1.82, 2.24) is 0 Å². The lowest BCUT2D eigenvalue weighted by Gasteiger charge is -2.08. The van der Waals surface area contributed by atoms with Gasteiger partial charge in [0.25, 0.3) is 0 Å². The van der Waals surface area contributed by atoms with Gasteiger partial charge in [0.2, 0.25) is 0 Å². The van der Waals surface area contributed by atoms with E-state index in [-0.39, 0.29) is 11.5 Å². The van der Waals surface area contributed by atoms with Crippen LogP contribution in [0.5, 0.6) is 5.75 Å². The van der Waals surface area contributed by atoms with Gasteiger partial charge in [-0.05, 0) is 48.0 Å². The standard InChI is InChI=1S/C20H18F3NO4/c1-27-11-12-28-17-8-6-15(7-9-17)18(25)10-5-14-3-2-4-16(13-14)24-19(26)20(21,22)23/h2-10,13H,11-12H2,1H3,(H,24,26). The Balaban J connectivity index is 2.00. The lowest BCUT2D eigenvalue weighted by molar-refractivity contribution is -0.167. The smallest absolute Gasteiger partial charge is 0.471 e. The van der Waals surface area contributed by atoms with E-state index < -0.39 is 12.1 Å². The number of halogens is 3. The van der Waals surface area contributed by atoms with Crippen molar-refractivity contribution in [2.75, 3.05) is 25.6 Å². The van der Waals surface area contributed by atoms with E-state index in [4.69, 9.17) is 9.47 Å². The molecule has 0 aliphatic rings. The van der Waals surface area contributed by atoms with E-state index in [1.54, 1.807) is 42.8 Å². The Morgan fingerprint density at radius 2 is 1.79 bits per heavy atom. The van der Waals surface area contributed by atoms with Crippen molar-refractivity contribution in [2.45, 2.75) is 6.18 Å². The van der Waals surface area contributed by atoms with E-state index in [1.807, 2.05) is 0 Å². The summed E-state index contributed by atoms with van der Waals surface area (Å²) < 4.78 is 47.2. The second kappa shape index (κ2) is 9.70. The minimum atomic E-state index is -4.97. The van der Waals surface area contributed by atoms with E-state index in [1.165, 1.54) is 30.4 Å². The molecule has 8 heteroatoms. The molecule has 1 N–H and O–H groups in total. The van der Waals surface area contributed by atoms with Gasteiger partial charge in [0, 0.05) is 18.4 Å². The molecule has 28 heavy (non-hydrogen) atoms. The van der Waals surface area contributed by atoms with Crippen molar-refractivity contribution >= 4 is 23.5 Å². The van der Waals surface area contributed by atoms with Crippen LogP contribution in [0.1, 0.15) is 15.9 Å². The highest BCUT2D eigenvalue weighted by Gasteiger charge is 2.38. The number of hydrogen-bond acceptors (Lipinski definition) is 4. The molecule has 0 spiro atoms. The molecule has 2 rings (SSSR count). The van der Waals surface area contributed by atoms with Crippen LogP contribution in [-0.2, 0) is 9.53 Å². The highest BCUT2D eigenvalue weighted by atomic mass is 19.4. The van der Waals surface area contributed by atoms with Gasteiger partial charge in [-0.25, -0.2) is 0 Å². The number of ether oxygens (including phenoxy) is 2. The molecule has 0 radical (unpaired) electrons. The fourth-order valence-electron chi connectivity index (χ4n) is 2.15. The summed E-state index contributed by atoms with van der Waals surface area (Å²) in [6.45, 7) is 0.844. The molecule has 2 aromatic carbocycles. The van der Waals surface area contributed by atoms with Gasteiger partial charge in [-0.2, -0.15) is 13.2 Å². The highest BCUT2D eigenvalue weighted by Crippen LogP contribution is 2.19. The molecule has 0 saturated heterocycles. The number of allylic oxidation sites excluding steroid dienone is 1. The predicted molar refractivity (Wildman–Crippen MR) is 98.3 cm³/mol. The Morgan fingerprint density at radius 1 is 1.07 bits per heavy atom. The van der Waals surface area contributed by atoms with Crippen molar-refractivity contribution < 1.29 is 32.2 Å². The quantitative estimate of drug-likeness (QED) is 0.417. The summed E-state index contributed by atoms with van der Waals surface area (Å²) in [6.07, 6.45) is -2.22. The van der Waals surface area contributed by atoms with Gasteiger partial charge in [-0.1, -0.05) is 18.2 Å². The van der Waals surface area contributed by atoms with Crippen LogP contribution >= 0.6 is 0 Å². The SMILES string of the molecule is COCCOc1ccc(C(=O)C=Cc2cccc(NC(=O)C(F)(F)F)c2)cc1. The van der Waals surface area contributed by atoms with E-state index in [9.17, 15) is 22.8 Å². The number of ketones is 1. The maximum absolute atomic E-state index is 12.3. The van der Waals surface area contributed by atoms with Crippen LogP contribution in [0.15, 0.2) is 54.6 Å². The number of alkyl halides is 3. The zero-order valence-electron chi connectivity index (χ0n) is 15.0. The van der Waals surface area contributed by atoms with Gasteiger partial charge < -0.3 is 14.8 Å². The zero-order chi connectivity index (χ0) is 20.6. The number of methoxy groups -OCH3 is 1. The molecule has 0 saturated carbocycles. The third-order valence-corrected chi connectivity index (χ3v) is 3.52. The van der Waals surface area contributed by atoms with Crippen LogP contribution in [0, 0.1) is 0 Å². The second-order valence-electron chi connectivity index (χ2n) is 5.64. The maximum atomic E-state index is 12.3.